The van der Waals surface area contributed by atoms with Gasteiger partial charge in [0.25, 0.3) is 20.0 Å². The average Bonchev–Trinajstić information content (AvgIpc) is 2.79. The first-order chi connectivity index (χ1) is 15.3. The first-order valence-electron chi connectivity index (χ1n) is 10.3. The van der Waals surface area contributed by atoms with Crippen molar-refractivity contribution in [1.82, 2.24) is 0 Å². The van der Waals surface area contributed by atoms with Crippen LogP contribution in [0, 0.1) is 0 Å². The third-order valence-corrected chi connectivity index (χ3v) is 8.41. The molecule has 0 atom stereocenters. The zero-order valence-electron chi connectivity index (χ0n) is 17.6. The van der Waals surface area contributed by atoms with Gasteiger partial charge in [0.2, 0.25) is 0 Å². The minimum Gasteiger partial charge on any atom is -0.494 e. The standard InChI is InChI=1S/C23H24N2O5S2/c1-2-30-20-12-14-21(15-13-20)31(26,27)24-19-11-10-18-7-6-16-25(23(18)17-19)32(28,29)22-8-4-3-5-9-22/h3-5,8-15,17,24H,2,6-7,16H2,1H3. The maximum atomic E-state index is 13.2. The Balaban J connectivity index is 1.65. The molecular weight excluding hydrogens is 448 g/mol. The highest BCUT2D eigenvalue weighted by atomic mass is 32.2. The summed E-state index contributed by atoms with van der Waals surface area (Å²) in [4.78, 5) is 0.292. The van der Waals surface area contributed by atoms with Gasteiger partial charge in [0.05, 0.1) is 27.8 Å². The van der Waals surface area contributed by atoms with Gasteiger partial charge in [-0.25, -0.2) is 16.8 Å². The van der Waals surface area contributed by atoms with Crippen molar-refractivity contribution in [1.29, 1.82) is 0 Å². The molecule has 0 aromatic heterocycles. The monoisotopic (exact) mass is 472 g/mol. The van der Waals surface area contributed by atoms with Gasteiger partial charge in [0.15, 0.2) is 0 Å². The summed E-state index contributed by atoms with van der Waals surface area (Å²) >= 11 is 0. The normalized spacial score (nSPS) is 14.0. The molecule has 1 heterocycles. The molecule has 0 bridgehead atoms. The van der Waals surface area contributed by atoms with Gasteiger partial charge < -0.3 is 4.74 Å². The molecule has 0 amide bonds. The van der Waals surface area contributed by atoms with Gasteiger partial charge in [-0.1, -0.05) is 24.3 Å². The highest BCUT2D eigenvalue weighted by Gasteiger charge is 2.29. The highest BCUT2D eigenvalue weighted by Crippen LogP contribution is 2.34. The van der Waals surface area contributed by atoms with Crippen LogP contribution >= 0.6 is 0 Å². The van der Waals surface area contributed by atoms with E-state index in [4.69, 9.17) is 4.74 Å². The molecule has 3 aromatic rings. The molecule has 0 spiro atoms. The van der Waals surface area contributed by atoms with Crippen LogP contribution in [-0.4, -0.2) is 30.0 Å². The fourth-order valence-corrected chi connectivity index (χ4v) is 6.27. The van der Waals surface area contributed by atoms with E-state index >= 15 is 0 Å². The van der Waals surface area contributed by atoms with Gasteiger partial charge in [-0.15, -0.1) is 0 Å². The van der Waals surface area contributed by atoms with Crippen molar-refractivity contribution in [3.05, 3.63) is 78.4 Å². The Hall–Kier alpha value is -3.04. The van der Waals surface area contributed by atoms with E-state index in [2.05, 4.69) is 4.72 Å². The van der Waals surface area contributed by atoms with E-state index in [1.807, 2.05) is 6.92 Å². The average molecular weight is 473 g/mol. The van der Waals surface area contributed by atoms with Gasteiger partial charge in [-0.2, -0.15) is 0 Å². The summed E-state index contributed by atoms with van der Waals surface area (Å²) in [7, 11) is -7.61. The van der Waals surface area contributed by atoms with E-state index < -0.39 is 20.0 Å². The molecule has 32 heavy (non-hydrogen) atoms. The summed E-state index contributed by atoms with van der Waals surface area (Å²) in [5.41, 5.74) is 1.65. The van der Waals surface area contributed by atoms with Crippen LogP contribution in [0.25, 0.3) is 0 Å². The molecule has 1 N–H and O–H groups in total. The Bertz CT molecular complexity index is 1310. The smallest absolute Gasteiger partial charge is 0.264 e. The minimum absolute atomic E-state index is 0.0902. The number of hydrogen-bond donors (Lipinski definition) is 1. The number of rotatable bonds is 7. The van der Waals surface area contributed by atoms with Crippen molar-refractivity contribution in [2.45, 2.75) is 29.6 Å². The maximum absolute atomic E-state index is 13.2. The largest absolute Gasteiger partial charge is 0.494 e. The molecule has 0 unspecified atom stereocenters. The predicted octanol–water partition coefficient (Wildman–Crippen LogP) is 4.03. The van der Waals surface area contributed by atoms with E-state index in [0.717, 1.165) is 12.0 Å². The Morgan fingerprint density at radius 1 is 0.906 bits per heavy atom. The summed E-state index contributed by atoms with van der Waals surface area (Å²) < 4.78 is 61.4. The van der Waals surface area contributed by atoms with Crippen LogP contribution in [0.1, 0.15) is 18.9 Å². The van der Waals surface area contributed by atoms with Crippen molar-refractivity contribution in [2.75, 3.05) is 22.2 Å². The number of benzene rings is 3. The van der Waals surface area contributed by atoms with Gasteiger partial charge in [0.1, 0.15) is 5.75 Å². The second-order valence-electron chi connectivity index (χ2n) is 7.35. The molecule has 1 aliphatic rings. The van der Waals surface area contributed by atoms with E-state index in [1.165, 1.54) is 16.4 Å². The predicted molar refractivity (Wildman–Crippen MR) is 124 cm³/mol. The van der Waals surface area contributed by atoms with Crippen molar-refractivity contribution in [3.8, 4) is 5.75 Å². The van der Waals surface area contributed by atoms with Gasteiger partial charge in [-0.3, -0.25) is 9.03 Å². The van der Waals surface area contributed by atoms with Crippen LogP contribution in [-0.2, 0) is 26.5 Å². The Kier molecular flexibility index (Phi) is 6.12. The lowest BCUT2D eigenvalue weighted by Crippen LogP contribution is -2.35. The molecule has 168 valence electrons. The second kappa shape index (κ2) is 8.84. The lowest BCUT2D eigenvalue weighted by Gasteiger charge is -2.31. The summed E-state index contributed by atoms with van der Waals surface area (Å²) in [6.07, 6.45) is 1.42. The molecule has 0 saturated carbocycles. The summed E-state index contributed by atoms with van der Waals surface area (Å²) in [5, 5.41) is 0. The number of aryl methyl sites for hydroxylation is 1. The lowest BCUT2D eigenvalue weighted by atomic mass is 10.0. The Morgan fingerprint density at radius 2 is 1.62 bits per heavy atom. The fraction of sp³-hybridized carbons (Fsp3) is 0.217. The van der Waals surface area contributed by atoms with E-state index in [1.54, 1.807) is 60.7 Å². The zero-order chi connectivity index (χ0) is 22.8. The number of anilines is 2. The first-order valence-corrected chi connectivity index (χ1v) is 13.2. The maximum Gasteiger partial charge on any atom is 0.264 e. The third kappa shape index (κ3) is 4.44. The van der Waals surface area contributed by atoms with Gasteiger partial charge in [0, 0.05) is 6.54 Å². The van der Waals surface area contributed by atoms with Crippen molar-refractivity contribution >= 4 is 31.4 Å². The Morgan fingerprint density at radius 3 is 2.31 bits per heavy atom. The van der Waals surface area contributed by atoms with E-state index in [0.29, 0.717) is 36.7 Å². The quantitative estimate of drug-likeness (QED) is 0.561. The lowest BCUT2D eigenvalue weighted by molar-refractivity contribution is 0.340. The van der Waals surface area contributed by atoms with Crippen LogP contribution in [0.2, 0.25) is 0 Å². The van der Waals surface area contributed by atoms with Crippen molar-refractivity contribution in [3.63, 3.8) is 0 Å². The summed E-state index contributed by atoms with van der Waals surface area (Å²) in [5.74, 6) is 0.585. The summed E-state index contributed by atoms with van der Waals surface area (Å²) in [6.45, 7) is 2.67. The number of nitrogens with one attached hydrogen (secondary N) is 1. The second-order valence-corrected chi connectivity index (χ2v) is 10.9. The Labute approximate surface area is 188 Å². The molecule has 4 rings (SSSR count). The summed E-state index contributed by atoms with van der Waals surface area (Å²) in [6, 6.07) is 19.4. The van der Waals surface area contributed by atoms with Crippen LogP contribution in [0.3, 0.4) is 0 Å². The molecule has 0 saturated heterocycles. The van der Waals surface area contributed by atoms with Crippen molar-refractivity contribution in [2.24, 2.45) is 0 Å². The van der Waals surface area contributed by atoms with E-state index in [-0.39, 0.29) is 9.79 Å². The molecule has 1 aliphatic heterocycles. The molecule has 0 radical (unpaired) electrons. The molecular formula is C23H24N2O5S2. The van der Waals surface area contributed by atoms with Crippen LogP contribution < -0.4 is 13.8 Å². The number of sulfonamides is 2. The first kappa shape index (κ1) is 22.2. The third-order valence-electron chi connectivity index (χ3n) is 5.19. The minimum atomic E-state index is -3.85. The molecule has 3 aromatic carbocycles. The van der Waals surface area contributed by atoms with E-state index in [9.17, 15) is 16.8 Å². The zero-order valence-corrected chi connectivity index (χ0v) is 19.2. The molecule has 7 nitrogen and oxygen atoms in total. The topological polar surface area (TPSA) is 92.8 Å². The van der Waals surface area contributed by atoms with Gasteiger partial charge >= 0.3 is 0 Å². The number of fused-ring (bicyclic) bond motifs is 1. The molecule has 9 heteroatoms. The van der Waals surface area contributed by atoms with Crippen LogP contribution in [0.4, 0.5) is 11.4 Å². The number of hydrogen-bond acceptors (Lipinski definition) is 5. The fourth-order valence-electron chi connectivity index (χ4n) is 3.67. The van der Waals surface area contributed by atoms with Crippen LogP contribution in [0.15, 0.2) is 82.6 Å². The molecule has 0 aliphatic carbocycles. The highest BCUT2D eigenvalue weighted by molar-refractivity contribution is 7.93. The SMILES string of the molecule is CCOc1ccc(S(=O)(=O)Nc2ccc3c(c2)N(S(=O)(=O)c2ccccc2)CCC3)cc1. The van der Waals surface area contributed by atoms with Crippen molar-refractivity contribution < 1.29 is 21.6 Å². The number of nitrogens with zero attached hydrogens (tertiary/aromatic N) is 1. The van der Waals surface area contributed by atoms with Crippen LogP contribution in [0.5, 0.6) is 5.75 Å². The van der Waals surface area contributed by atoms with Gasteiger partial charge in [-0.05, 0) is 73.9 Å². The number of ether oxygens (including phenoxy) is 1. The molecule has 0 fully saturated rings.